The average molecular weight is 393 g/mol. The van der Waals surface area contributed by atoms with Crippen LogP contribution in [0.3, 0.4) is 0 Å². The lowest BCUT2D eigenvalue weighted by Crippen LogP contribution is -2.20. The molecule has 2 heterocycles. The molecule has 1 aromatic carbocycles. The Morgan fingerprint density at radius 2 is 2.10 bits per heavy atom. The van der Waals surface area contributed by atoms with E-state index in [1.165, 1.54) is 6.20 Å². The minimum absolute atomic E-state index is 0.0155. The second-order valence-electron chi connectivity index (χ2n) is 7.99. The van der Waals surface area contributed by atoms with E-state index in [9.17, 15) is 9.18 Å². The SMILES string of the molecule is Cc1ccncc1-c1cc2cc(NC(=O)[C@H]3C[C@H]3CN(C)C)ncc2c(N)c1F. The van der Waals surface area contributed by atoms with Gasteiger partial charge in [0.2, 0.25) is 5.91 Å². The number of fused-ring (bicyclic) bond motifs is 1. The van der Waals surface area contributed by atoms with Crippen LogP contribution in [0.1, 0.15) is 12.0 Å². The highest BCUT2D eigenvalue weighted by molar-refractivity contribution is 6.00. The summed E-state index contributed by atoms with van der Waals surface area (Å²) < 4.78 is 14.9. The maximum atomic E-state index is 14.9. The van der Waals surface area contributed by atoms with Crippen LogP contribution in [0.2, 0.25) is 0 Å². The van der Waals surface area contributed by atoms with E-state index < -0.39 is 5.82 Å². The van der Waals surface area contributed by atoms with E-state index in [1.54, 1.807) is 24.5 Å². The van der Waals surface area contributed by atoms with Gasteiger partial charge in [-0.2, -0.15) is 0 Å². The van der Waals surface area contributed by atoms with E-state index in [1.807, 2.05) is 27.1 Å². The minimum Gasteiger partial charge on any atom is -0.396 e. The number of nitrogens with zero attached hydrogens (tertiary/aromatic N) is 3. The first-order valence-electron chi connectivity index (χ1n) is 9.59. The number of nitrogen functional groups attached to an aromatic ring is 1. The molecule has 0 aliphatic heterocycles. The summed E-state index contributed by atoms with van der Waals surface area (Å²) in [5, 5.41) is 4.12. The zero-order valence-corrected chi connectivity index (χ0v) is 16.7. The van der Waals surface area contributed by atoms with Gasteiger partial charge in [-0.25, -0.2) is 9.37 Å². The minimum atomic E-state index is -0.489. The normalized spacial score (nSPS) is 18.2. The highest BCUT2D eigenvalue weighted by atomic mass is 19.1. The maximum absolute atomic E-state index is 14.9. The predicted molar refractivity (Wildman–Crippen MR) is 113 cm³/mol. The molecule has 2 atom stereocenters. The van der Waals surface area contributed by atoms with Crippen molar-refractivity contribution >= 4 is 28.2 Å². The number of nitrogens with one attached hydrogen (secondary N) is 1. The first-order valence-corrected chi connectivity index (χ1v) is 9.59. The molecule has 7 heteroatoms. The van der Waals surface area contributed by atoms with Crippen LogP contribution in [-0.4, -0.2) is 41.4 Å². The third-order valence-electron chi connectivity index (χ3n) is 5.44. The van der Waals surface area contributed by atoms with Gasteiger partial charge in [0, 0.05) is 47.6 Å². The Morgan fingerprint density at radius 1 is 1.31 bits per heavy atom. The molecule has 1 fully saturated rings. The largest absolute Gasteiger partial charge is 0.396 e. The molecule has 1 aliphatic rings. The van der Waals surface area contributed by atoms with Gasteiger partial charge >= 0.3 is 0 Å². The Hall–Kier alpha value is -3.06. The number of amides is 1. The molecule has 150 valence electrons. The summed E-state index contributed by atoms with van der Waals surface area (Å²) in [5.74, 6) is 0.328. The van der Waals surface area contributed by atoms with Gasteiger partial charge in [-0.1, -0.05) is 0 Å². The Bertz CT molecular complexity index is 1100. The molecular weight excluding hydrogens is 369 g/mol. The number of aryl methyl sites for hydroxylation is 1. The van der Waals surface area contributed by atoms with E-state index in [4.69, 9.17) is 5.73 Å². The summed E-state index contributed by atoms with van der Waals surface area (Å²) >= 11 is 0. The van der Waals surface area contributed by atoms with Crippen LogP contribution in [0, 0.1) is 24.6 Å². The van der Waals surface area contributed by atoms with Crippen molar-refractivity contribution in [1.29, 1.82) is 0 Å². The van der Waals surface area contributed by atoms with Crippen LogP contribution in [0.4, 0.5) is 15.9 Å². The monoisotopic (exact) mass is 393 g/mol. The van der Waals surface area contributed by atoms with Gasteiger partial charge in [-0.3, -0.25) is 9.78 Å². The Labute approximate surface area is 168 Å². The fourth-order valence-electron chi connectivity index (χ4n) is 3.77. The van der Waals surface area contributed by atoms with Crippen LogP contribution >= 0.6 is 0 Å². The Kier molecular flexibility index (Phi) is 4.92. The molecule has 0 radical (unpaired) electrons. The van der Waals surface area contributed by atoms with Crippen molar-refractivity contribution in [3.8, 4) is 11.1 Å². The van der Waals surface area contributed by atoms with Gasteiger partial charge in [0.15, 0.2) is 5.82 Å². The number of carbonyl (C=O) groups is 1. The van der Waals surface area contributed by atoms with Crippen molar-refractivity contribution in [3.05, 3.63) is 48.2 Å². The van der Waals surface area contributed by atoms with E-state index in [0.29, 0.717) is 33.6 Å². The van der Waals surface area contributed by atoms with E-state index in [-0.39, 0.29) is 17.5 Å². The number of carbonyl (C=O) groups excluding carboxylic acids is 1. The van der Waals surface area contributed by atoms with Crippen LogP contribution in [0.25, 0.3) is 21.9 Å². The molecule has 0 saturated heterocycles. The highest BCUT2D eigenvalue weighted by Gasteiger charge is 2.43. The smallest absolute Gasteiger partial charge is 0.228 e. The van der Waals surface area contributed by atoms with Gasteiger partial charge in [-0.05, 0) is 62.5 Å². The number of hydrogen-bond donors (Lipinski definition) is 2. The summed E-state index contributed by atoms with van der Waals surface area (Å²) in [6.45, 7) is 2.79. The third-order valence-corrected chi connectivity index (χ3v) is 5.44. The number of halogens is 1. The van der Waals surface area contributed by atoms with E-state index in [0.717, 1.165) is 18.5 Å². The lowest BCUT2D eigenvalue weighted by atomic mass is 9.98. The van der Waals surface area contributed by atoms with Crippen molar-refractivity contribution in [2.45, 2.75) is 13.3 Å². The van der Waals surface area contributed by atoms with Crippen molar-refractivity contribution in [2.75, 3.05) is 31.7 Å². The molecule has 2 aromatic heterocycles. The number of hydrogen-bond acceptors (Lipinski definition) is 5. The molecule has 0 bridgehead atoms. The van der Waals surface area contributed by atoms with Gasteiger partial charge in [0.25, 0.3) is 0 Å². The number of nitrogens with two attached hydrogens (primary N) is 1. The first-order chi connectivity index (χ1) is 13.8. The summed E-state index contributed by atoms with van der Waals surface area (Å²) in [6, 6.07) is 5.29. The standard InChI is InChI=1S/C22H24FN5O/c1-12-4-5-25-9-17(12)16-6-13-8-19(26-10-18(13)21(24)20(16)23)27-22(29)15-7-14(15)11-28(2)3/h4-6,8-10,14-15H,7,11,24H2,1-3H3,(H,26,27,29)/t14-,15-/m0/s1. The molecule has 0 spiro atoms. The van der Waals surface area contributed by atoms with Crippen LogP contribution in [0.15, 0.2) is 36.8 Å². The molecule has 1 amide bonds. The van der Waals surface area contributed by atoms with Crippen molar-refractivity contribution in [3.63, 3.8) is 0 Å². The summed E-state index contributed by atoms with van der Waals surface area (Å²) in [6.07, 6.45) is 5.69. The first kappa shape index (κ1) is 19.3. The van der Waals surface area contributed by atoms with Crippen LogP contribution in [-0.2, 0) is 4.79 Å². The predicted octanol–water partition coefficient (Wildman–Crippen LogP) is 3.46. The van der Waals surface area contributed by atoms with Gasteiger partial charge in [0.1, 0.15) is 5.82 Å². The van der Waals surface area contributed by atoms with Gasteiger partial charge < -0.3 is 16.0 Å². The fraction of sp³-hybridized carbons (Fsp3) is 0.318. The number of anilines is 2. The molecule has 29 heavy (non-hydrogen) atoms. The quantitative estimate of drug-likeness (QED) is 0.649. The van der Waals surface area contributed by atoms with E-state index in [2.05, 4.69) is 20.2 Å². The molecule has 6 nitrogen and oxygen atoms in total. The van der Waals surface area contributed by atoms with Crippen LogP contribution < -0.4 is 11.1 Å². The molecule has 1 saturated carbocycles. The second kappa shape index (κ2) is 7.40. The van der Waals surface area contributed by atoms with Crippen LogP contribution in [0.5, 0.6) is 0 Å². The maximum Gasteiger partial charge on any atom is 0.228 e. The Balaban J connectivity index is 1.64. The molecule has 3 N–H and O–H groups in total. The third kappa shape index (κ3) is 3.78. The summed E-state index contributed by atoms with van der Waals surface area (Å²) in [5.41, 5.74) is 8.07. The molecule has 3 aromatic rings. The number of rotatable bonds is 5. The average Bonchev–Trinajstić information content (AvgIpc) is 3.44. The highest BCUT2D eigenvalue weighted by Crippen LogP contribution is 2.40. The molecule has 4 rings (SSSR count). The number of aromatic nitrogens is 2. The lowest BCUT2D eigenvalue weighted by Gasteiger charge is -2.13. The second-order valence-corrected chi connectivity index (χ2v) is 7.99. The molecule has 0 unspecified atom stereocenters. The zero-order chi connectivity index (χ0) is 20.7. The van der Waals surface area contributed by atoms with Crippen molar-refractivity contribution < 1.29 is 9.18 Å². The van der Waals surface area contributed by atoms with Crippen molar-refractivity contribution in [2.24, 2.45) is 11.8 Å². The van der Waals surface area contributed by atoms with Gasteiger partial charge in [0.05, 0.1) is 5.69 Å². The zero-order valence-electron chi connectivity index (χ0n) is 16.7. The molecular formula is C22H24FN5O. The number of pyridine rings is 2. The number of benzene rings is 1. The van der Waals surface area contributed by atoms with E-state index >= 15 is 0 Å². The lowest BCUT2D eigenvalue weighted by molar-refractivity contribution is -0.117. The van der Waals surface area contributed by atoms with Crippen molar-refractivity contribution in [1.82, 2.24) is 14.9 Å². The fourth-order valence-corrected chi connectivity index (χ4v) is 3.77. The molecule has 1 aliphatic carbocycles. The summed E-state index contributed by atoms with van der Waals surface area (Å²) in [7, 11) is 4.01. The summed E-state index contributed by atoms with van der Waals surface area (Å²) in [4.78, 5) is 22.9. The van der Waals surface area contributed by atoms with Gasteiger partial charge in [-0.15, -0.1) is 0 Å². The Morgan fingerprint density at radius 3 is 2.83 bits per heavy atom. The topological polar surface area (TPSA) is 84.1 Å².